The van der Waals surface area contributed by atoms with Crippen LogP contribution in [0.3, 0.4) is 0 Å². The van der Waals surface area contributed by atoms with Crippen LogP contribution in [0.15, 0.2) is 47.4 Å². The Morgan fingerprint density at radius 3 is 2.25 bits per heavy atom. The summed E-state index contributed by atoms with van der Waals surface area (Å²) in [4.78, 5) is -0.147. The van der Waals surface area contributed by atoms with Gasteiger partial charge in [0.25, 0.3) is 0 Å². The van der Waals surface area contributed by atoms with Gasteiger partial charge in [0, 0.05) is 23.1 Å². The molecule has 0 spiro atoms. The predicted octanol–water partition coefficient (Wildman–Crippen LogP) is 2.38. The van der Waals surface area contributed by atoms with Crippen LogP contribution in [0.2, 0.25) is 10.0 Å². The molecule has 1 heterocycles. The minimum absolute atomic E-state index is 0.0445. The highest BCUT2D eigenvalue weighted by Gasteiger charge is 2.41. The van der Waals surface area contributed by atoms with E-state index in [-0.39, 0.29) is 40.7 Å². The second-order valence-electron chi connectivity index (χ2n) is 6.20. The van der Waals surface area contributed by atoms with E-state index in [0.29, 0.717) is 5.02 Å². The van der Waals surface area contributed by atoms with Crippen LogP contribution in [-0.4, -0.2) is 53.3 Å². The van der Waals surface area contributed by atoms with Gasteiger partial charge in [-0.2, -0.15) is 9.57 Å². The highest BCUT2D eigenvalue weighted by molar-refractivity contribution is 7.89. The second-order valence-corrected chi connectivity index (χ2v) is 8.98. The molecule has 3 rings (SSSR count). The van der Waals surface area contributed by atoms with Gasteiger partial charge in [-0.1, -0.05) is 23.2 Å². The Hall–Kier alpha value is -1.86. The number of phenols is 1. The number of aliphatic hydroxyl groups excluding tert-OH is 1. The molecule has 2 aromatic rings. The molecule has 1 aliphatic rings. The van der Waals surface area contributed by atoms with E-state index in [9.17, 15) is 13.5 Å². The summed E-state index contributed by atoms with van der Waals surface area (Å²) in [5, 5.41) is 37.6. The molecular formula is C18H18Cl2N2O5S. The third-order valence-corrected chi connectivity index (χ3v) is 6.49. The van der Waals surface area contributed by atoms with Crippen molar-refractivity contribution in [3.05, 3.63) is 58.1 Å². The number of β-amino-alcohol motifs (C(OH)–C–C–N with tert-alkyl or cyclic N) is 1. The van der Waals surface area contributed by atoms with Crippen molar-refractivity contribution < 1.29 is 23.7 Å². The average Bonchev–Trinajstić information content (AvgIpc) is 3.08. The van der Waals surface area contributed by atoms with Crippen LogP contribution in [0.5, 0.6) is 5.75 Å². The van der Waals surface area contributed by atoms with Crippen molar-refractivity contribution in [2.75, 3.05) is 19.7 Å². The standard InChI is InChI=1S/C12H13ClN2O4S.C6H5ClO/c13-10-1-2-11(9(5-10)6-14)20(18,19)15-4-3-12(17,7-15)8-16;7-5-1-3-6(8)4-2-5/h1-2,5,16-17H,3-4,7-8H2;1-4,8H/t12-;/m0./s1. The van der Waals surface area contributed by atoms with Crippen LogP contribution in [0, 0.1) is 11.3 Å². The Morgan fingerprint density at radius 1 is 1.14 bits per heavy atom. The maximum absolute atomic E-state index is 12.5. The first-order valence-electron chi connectivity index (χ1n) is 8.09. The monoisotopic (exact) mass is 444 g/mol. The summed E-state index contributed by atoms with van der Waals surface area (Å²) in [7, 11) is -3.90. The summed E-state index contributed by atoms with van der Waals surface area (Å²) in [6, 6.07) is 12.1. The van der Waals surface area contributed by atoms with Crippen LogP contribution >= 0.6 is 23.2 Å². The van der Waals surface area contributed by atoms with Crippen molar-refractivity contribution in [3.63, 3.8) is 0 Å². The van der Waals surface area contributed by atoms with Gasteiger partial charge < -0.3 is 15.3 Å². The number of hydrogen-bond donors (Lipinski definition) is 3. The number of hydrogen-bond acceptors (Lipinski definition) is 6. The van der Waals surface area contributed by atoms with E-state index in [1.165, 1.54) is 18.2 Å². The topological polar surface area (TPSA) is 122 Å². The van der Waals surface area contributed by atoms with E-state index >= 15 is 0 Å². The first kappa shape index (κ1) is 22.4. The van der Waals surface area contributed by atoms with Gasteiger partial charge in [-0.05, 0) is 48.9 Å². The van der Waals surface area contributed by atoms with Gasteiger partial charge in [-0.25, -0.2) is 8.42 Å². The van der Waals surface area contributed by atoms with E-state index < -0.39 is 22.2 Å². The number of nitrogens with zero attached hydrogens (tertiary/aromatic N) is 2. The molecule has 7 nitrogen and oxygen atoms in total. The molecule has 0 unspecified atom stereocenters. The van der Waals surface area contributed by atoms with Crippen LogP contribution in [0.4, 0.5) is 0 Å². The van der Waals surface area contributed by atoms with Gasteiger partial charge in [-0.3, -0.25) is 0 Å². The number of aliphatic hydroxyl groups is 2. The zero-order valence-electron chi connectivity index (χ0n) is 14.6. The van der Waals surface area contributed by atoms with Crippen molar-refractivity contribution in [1.29, 1.82) is 5.26 Å². The number of halogens is 2. The van der Waals surface area contributed by atoms with E-state index in [1.54, 1.807) is 30.3 Å². The number of phenolic OH excluding ortho intramolecular Hbond substituents is 1. The molecule has 1 fully saturated rings. The minimum atomic E-state index is -3.90. The molecule has 1 atom stereocenters. The Labute approximate surface area is 173 Å². The highest BCUT2D eigenvalue weighted by atomic mass is 35.5. The molecule has 2 aromatic carbocycles. The first-order valence-corrected chi connectivity index (χ1v) is 10.3. The Morgan fingerprint density at radius 2 is 1.75 bits per heavy atom. The minimum Gasteiger partial charge on any atom is -0.508 e. The van der Waals surface area contributed by atoms with Crippen molar-refractivity contribution >= 4 is 33.2 Å². The number of sulfonamides is 1. The van der Waals surface area contributed by atoms with E-state index in [2.05, 4.69) is 0 Å². The van der Waals surface area contributed by atoms with Crippen molar-refractivity contribution in [1.82, 2.24) is 4.31 Å². The zero-order chi connectivity index (χ0) is 20.9. The van der Waals surface area contributed by atoms with Gasteiger partial charge in [-0.15, -0.1) is 0 Å². The largest absolute Gasteiger partial charge is 0.508 e. The maximum atomic E-state index is 12.5. The highest BCUT2D eigenvalue weighted by Crippen LogP contribution is 2.29. The smallest absolute Gasteiger partial charge is 0.244 e. The third-order valence-electron chi connectivity index (χ3n) is 4.10. The Balaban J connectivity index is 0.000000292. The van der Waals surface area contributed by atoms with Gasteiger partial charge in [0.1, 0.15) is 22.3 Å². The molecule has 0 aliphatic carbocycles. The third kappa shape index (κ3) is 5.35. The van der Waals surface area contributed by atoms with Crippen LogP contribution in [0.25, 0.3) is 0 Å². The van der Waals surface area contributed by atoms with E-state index in [1.807, 2.05) is 0 Å². The molecule has 0 saturated carbocycles. The van der Waals surface area contributed by atoms with Crippen molar-refractivity contribution in [2.45, 2.75) is 16.9 Å². The van der Waals surface area contributed by atoms with Crippen LogP contribution in [-0.2, 0) is 10.0 Å². The molecule has 0 bridgehead atoms. The average molecular weight is 445 g/mol. The fraction of sp³-hybridized carbons (Fsp3) is 0.278. The summed E-state index contributed by atoms with van der Waals surface area (Å²) in [6.07, 6.45) is 0.151. The van der Waals surface area contributed by atoms with Gasteiger partial charge in [0.15, 0.2) is 0 Å². The Kier molecular flexibility index (Phi) is 7.28. The van der Waals surface area contributed by atoms with E-state index in [0.717, 1.165) is 4.31 Å². The molecule has 150 valence electrons. The number of aromatic hydroxyl groups is 1. The summed E-state index contributed by atoms with van der Waals surface area (Å²) in [5.41, 5.74) is -1.47. The molecule has 0 amide bonds. The first-order chi connectivity index (χ1) is 13.1. The van der Waals surface area contributed by atoms with Gasteiger partial charge >= 0.3 is 0 Å². The molecule has 3 N–H and O–H groups in total. The summed E-state index contributed by atoms with van der Waals surface area (Å²) >= 11 is 11.2. The zero-order valence-corrected chi connectivity index (χ0v) is 16.9. The molecule has 0 radical (unpaired) electrons. The fourth-order valence-electron chi connectivity index (χ4n) is 2.55. The van der Waals surface area contributed by atoms with Gasteiger partial charge in [0.05, 0.1) is 12.2 Å². The summed E-state index contributed by atoms with van der Waals surface area (Å²) in [6.45, 7) is -0.614. The number of benzene rings is 2. The fourth-order valence-corrected chi connectivity index (χ4v) is 4.49. The van der Waals surface area contributed by atoms with E-state index in [4.69, 9.17) is 38.7 Å². The lowest BCUT2D eigenvalue weighted by Gasteiger charge is -2.21. The Bertz CT molecular complexity index is 955. The maximum Gasteiger partial charge on any atom is 0.244 e. The van der Waals surface area contributed by atoms with Crippen LogP contribution in [0.1, 0.15) is 12.0 Å². The second kappa shape index (κ2) is 9.09. The number of rotatable bonds is 3. The van der Waals surface area contributed by atoms with Crippen LogP contribution < -0.4 is 0 Å². The molecule has 0 aromatic heterocycles. The van der Waals surface area contributed by atoms with Gasteiger partial charge in [0.2, 0.25) is 10.0 Å². The van der Waals surface area contributed by atoms with Crippen molar-refractivity contribution in [3.8, 4) is 11.8 Å². The lowest BCUT2D eigenvalue weighted by atomic mass is 10.1. The molecule has 10 heteroatoms. The normalized spacial score (nSPS) is 19.5. The quantitative estimate of drug-likeness (QED) is 0.667. The number of nitriles is 1. The predicted molar refractivity (Wildman–Crippen MR) is 105 cm³/mol. The lowest BCUT2D eigenvalue weighted by Crippen LogP contribution is -2.38. The molecule has 28 heavy (non-hydrogen) atoms. The summed E-state index contributed by atoms with van der Waals surface area (Å²) in [5.74, 6) is 0.245. The van der Waals surface area contributed by atoms with Crippen molar-refractivity contribution in [2.24, 2.45) is 0 Å². The SMILES string of the molecule is N#Cc1cc(Cl)ccc1S(=O)(=O)N1CC[C@@](O)(CO)C1.Oc1ccc(Cl)cc1. The lowest BCUT2D eigenvalue weighted by molar-refractivity contribution is -0.000734. The molecule has 1 aliphatic heterocycles. The summed E-state index contributed by atoms with van der Waals surface area (Å²) < 4.78 is 26.0. The molecular weight excluding hydrogens is 427 g/mol. The molecule has 1 saturated heterocycles.